The van der Waals surface area contributed by atoms with Gasteiger partial charge in [0, 0.05) is 4.88 Å². The summed E-state index contributed by atoms with van der Waals surface area (Å²) in [5, 5.41) is 3.14. The number of hydrogen-bond donors (Lipinski definition) is 1. The minimum atomic E-state index is -0.459. The number of thiophene rings is 1. The second-order valence-corrected chi connectivity index (χ2v) is 7.28. The van der Waals surface area contributed by atoms with Gasteiger partial charge in [0.25, 0.3) is 5.91 Å². The van der Waals surface area contributed by atoms with Crippen molar-refractivity contribution in [3.8, 4) is 0 Å². The Morgan fingerprint density at radius 2 is 2.00 bits per heavy atom. The highest BCUT2D eigenvalue weighted by molar-refractivity contribution is 7.16. The van der Waals surface area contributed by atoms with E-state index in [0.717, 1.165) is 23.3 Å². The van der Waals surface area contributed by atoms with E-state index >= 15 is 0 Å². The Hall–Kier alpha value is -2.15. The Kier molecular flexibility index (Phi) is 7.38. The highest BCUT2D eigenvalue weighted by atomic mass is 32.1. The molecule has 0 saturated heterocycles. The van der Waals surface area contributed by atoms with Crippen LogP contribution in [0.25, 0.3) is 0 Å². The number of carbonyl (C=O) groups excluding carboxylic acids is 3. The zero-order valence-corrected chi connectivity index (χ0v) is 16.2. The molecule has 6 nitrogen and oxygen atoms in total. The Morgan fingerprint density at radius 3 is 2.62 bits per heavy atom. The molecule has 1 aromatic rings. The molecule has 142 valence electrons. The standard InChI is InChI=1S/C19H25NO5S/c1-4-14-12(3)26-17(16(14)19(23)24-5-2)20-15(21)11-25-18(22)13-9-7-6-8-10-13/h6-7,13H,4-5,8-11H2,1-3H3,(H,20,21)/t13-/m1/s1. The van der Waals surface area contributed by atoms with Gasteiger partial charge in [0.15, 0.2) is 6.61 Å². The van der Waals surface area contributed by atoms with Crippen LogP contribution in [-0.4, -0.2) is 31.1 Å². The first-order valence-electron chi connectivity index (χ1n) is 8.88. The quantitative estimate of drug-likeness (QED) is 0.578. The van der Waals surface area contributed by atoms with Gasteiger partial charge in [-0.2, -0.15) is 0 Å². The van der Waals surface area contributed by atoms with Gasteiger partial charge in [0.2, 0.25) is 0 Å². The van der Waals surface area contributed by atoms with Crippen LogP contribution in [-0.2, 0) is 25.5 Å². The first-order chi connectivity index (χ1) is 12.5. The van der Waals surface area contributed by atoms with Gasteiger partial charge in [-0.25, -0.2) is 4.79 Å². The number of rotatable bonds is 7. The number of allylic oxidation sites excluding steroid dienone is 2. The number of hydrogen-bond acceptors (Lipinski definition) is 6. The number of anilines is 1. The lowest BCUT2D eigenvalue weighted by atomic mass is 9.95. The Bertz CT molecular complexity index is 707. The summed E-state index contributed by atoms with van der Waals surface area (Å²) in [7, 11) is 0. The zero-order valence-electron chi connectivity index (χ0n) is 15.4. The van der Waals surface area contributed by atoms with Crippen LogP contribution < -0.4 is 5.32 Å². The maximum Gasteiger partial charge on any atom is 0.341 e. The van der Waals surface area contributed by atoms with Crippen LogP contribution in [0.3, 0.4) is 0 Å². The summed E-state index contributed by atoms with van der Waals surface area (Å²) in [6, 6.07) is 0. The number of aryl methyl sites for hydroxylation is 1. The van der Waals surface area contributed by atoms with E-state index in [2.05, 4.69) is 5.32 Å². The molecule has 0 fully saturated rings. The number of amides is 1. The number of nitrogens with one attached hydrogen (secondary N) is 1. The van der Waals surface area contributed by atoms with E-state index in [9.17, 15) is 14.4 Å². The first kappa shape index (κ1) is 20.2. The Balaban J connectivity index is 2.00. The highest BCUT2D eigenvalue weighted by Gasteiger charge is 2.25. The summed E-state index contributed by atoms with van der Waals surface area (Å²) >= 11 is 1.33. The Morgan fingerprint density at radius 1 is 1.23 bits per heavy atom. The van der Waals surface area contributed by atoms with Crippen molar-refractivity contribution in [3.05, 3.63) is 28.2 Å². The zero-order chi connectivity index (χ0) is 19.1. The van der Waals surface area contributed by atoms with Gasteiger partial charge >= 0.3 is 11.9 Å². The lowest BCUT2D eigenvalue weighted by Crippen LogP contribution is -2.25. The molecule has 1 atom stereocenters. The van der Waals surface area contributed by atoms with Gasteiger partial charge in [-0.15, -0.1) is 11.3 Å². The normalized spacial score (nSPS) is 16.2. The lowest BCUT2D eigenvalue weighted by molar-refractivity contribution is -0.151. The lowest BCUT2D eigenvalue weighted by Gasteiger charge is -2.16. The van der Waals surface area contributed by atoms with Crippen molar-refractivity contribution in [3.63, 3.8) is 0 Å². The van der Waals surface area contributed by atoms with Crippen LogP contribution >= 0.6 is 11.3 Å². The first-order valence-corrected chi connectivity index (χ1v) is 9.70. The summed E-state index contributed by atoms with van der Waals surface area (Å²) in [6.45, 7) is 5.49. The molecule has 0 saturated carbocycles. The van der Waals surface area contributed by atoms with Crippen molar-refractivity contribution in [1.29, 1.82) is 0 Å². The van der Waals surface area contributed by atoms with Crippen LogP contribution in [0.1, 0.15) is 53.9 Å². The molecule has 0 unspecified atom stereocenters. The summed E-state index contributed by atoms with van der Waals surface area (Å²) in [4.78, 5) is 37.4. The smallest absolute Gasteiger partial charge is 0.341 e. The fourth-order valence-electron chi connectivity index (χ4n) is 2.94. The maximum absolute atomic E-state index is 12.3. The van der Waals surface area contributed by atoms with Crippen molar-refractivity contribution in [2.45, 2.75) is 46.5 Å². The molecule has 1 N–H and O–H groups in total. The molecule has 0 bridgehead atoms. The van der Waals surface area contributed by atoms with Gasteiger partial charge in [0.1, 0.15) is 5.00 Å². The third-order valence-corrected chi connectivity index (χ3v) is 5.31. The van der Waals surface area contributed by atoms with E-state index in [0.29, 0.717) is 23.4 Å². The predicted octanol–water partition coefficient (Wildman–Crippen LogP) is 3.63. The maximum atomic E-state index is 12.3. The van der Waals surface area contributed by atoms with E-state index in [4.69, 9.17) is 9.47 Å². The van der Waals surface area contributed by atoms with Gasteiger partial charge in [-0.05, 0) is 45.1 Å². The molecule has 1 aliphatic rings. The van der Waals surface area contributed by atoms with E-state index < -0.39 is 11.9 Å². The van der Waals surface area contributed by atoms with Crippen molar-refractivity contribution in [1.82, 2.24) is 0 Å². The van der Waals surface area contributed by atoms with Crippen LogP contribution in [0.2, 0.25) is 0 Å². The second kappa shape index (κ2) is 9.52. The van der Waals surface area contributed by atoms with E-state index in [1.807, 2.05) is 26.0 Å². The number of carbonyl (C=O) groups is 3. The van der Waals surface area contributed by atoms with Crippen molar-refractivity contribution < 1.29 is 23.9 Å². The molecule has 0 aliphatic heterocycles. The van der Waals surface area contributed by atoms with Crippen LogP contribution in [0.4, 0.5) is 5.00 Å². The molecule has 26 heavy (non-hydrogen) atoms. The van der Waals surface area contributed by atoms with Gasteiger partial charge < -0.3 is 14.8 Å². The Labute approximate surface area is 157 Å². The monoisotopic (exact) mass is 379 g/mol. The van der Waals surface area contributed by atoms with E-state index in [-0.39, 0.29) is 25.1 Å². The molecule has 1 amide bonds. The van der Waals surface area contributed by atoms with Gasteiger partial charge in [-0.1, -0.05) is 19.1 Å². The molecule has 7 heteroatoms. The highest BCUT2D eigenvalue weighted by Crippen LogP contribution is 2.34. The van der Waals surface area contributed by atoms with Gasteiger partial charge in [-0.3, -0.25) is 9.59 Å². The second-order valence-electron chi connectivity index (χ2n) is 6.05. The molecule has 0 spiro atoms. The average Bonchev–Trinajstić information content (AvgIpc) is 2.95. The van der Waals surface area contributed by atoms with Crippen LogP contribution in [0, 0.1) is 12.8 Å². The fourth-order valence-corrected chi connectivity index (χ4v) is 4.09. The topological polar surface area (TPSA) is 81.7 Å². The molecule has 1 aliphatic carbocycles. The molecular weight excluding hydrogens is 354 g/mol. The number of ether oxygens (including phenoxy) is 2. The van der Waals surface area contributed by atoms with Crippen molar-refractivity contribution in [2.24, 2.45) is 5.92 Å². The summed E-state index contributed by atoms with van der Waals surface area (Å²) in [5.74, 6) is -1.44. The molecular formula is C19H25NO5S. The largest absolute Gasteiger partial charge is 0.462 e. The summed E-state index contributed by atoms with van der Waals surface area (Å²) in [6.07, 6.45) is 6.91. The molecule has 0 aromatic carbocycles. The minimum Gasteiger partial charge on any atom is -0.462 e. The van der Waals surface area contributed by atoms with Crippen LogP contribution in [0.5, 0.6) is 0 Å². The predicted molar refractivity (Wildman–Crippen MR) is 100 cm³/mol. The fraction of sp³-hybridized carbons (Fsp3) is 0.526. The van der Waals surface area contributed by atoms with Crippen molar-refractivity contribution >= 4 is 34.2 Å². The van der Waals surface area contributed by atoms with Crippen LogP contribution in [0.15, 0.2) is 12.2 Å². The summed E-state index contributed by atoms with van der Waals surface area (Å²) in [5.41, 5.74) is 1.27. The molecule has 1 aromatic heterocycles. The third kappa shape index (κ3) is 4.94. The average molecular weight is 379 g/mol. The van der Waals surface area contributed by atoms with E-state index in [1.165, 1.54) is 11.3 Å². The third-order valence-electron chi connectivity index (χ3n) is 4.24. The van der Waals surface area contributed by atoms with Crippen molar-refractivity contribution in [2.75, 3.05) is 18.5 Å². The summed E-state index contributed by atoms with van der Waals surface area (Å²) < 4.78 is 10.2. The SMILES string of the molecule is CCOC(=O)c1c(NC(=O)COC(=O)[C@@H]2CC=CCC2)sc(C)c1CC. The van der Waals surface area contributed by atoms with Gasteiger partial charge in [0.05, 0.1) is 18.1 Å². The van der Waals surface area contributed by atoms with E-state index in [1.54, 1.807) is 6.92 Å². The number of esters is 2. The molecule has 2 rings (SSSR count). The molecule has 1 heterocycles. The minimum absolute atomic E-state index is 0.182. The molecule has 0 radical (unpaired) electrons.